The minimum absolute atomic E-state index is 0.622. The van der Waals surface area contributed by atoms with Crippen LogP contribution in [0.25, 0.3) is 0 Å². The summed E-state index contributed by atoms with van der Waals surface area (Å²) < 4.78 is 0. The zero-order chi connectivity index (χ0) is 11.1. The molecule has 1 nitrogen and oxygen atoms in total. The van der Waals surface area contributed by atoms with Crippen LogP contribution in [0.5, 0.6) is 0 Å². The fourth-order valence-electron chi connectivity index (χ4n) is 3.28. The summed E-state index contributed by atoms with van der Waals surface area (Å²) in [4.78, 5) is 2.68. The van der Waals surface area contributed by atoms with E-state index in [0.29, 0.717) is 10.8 Å². The lowest BCUT2D eigenvalue weighted by Gasteiger charge is -2.41. The standard InChI is InChI=1S/C14H27N/c1-12(2)15-10-9-14(11-15)7-5-13(3,4)6-8-14/h12H,5-11H2,1-4H3. The van der Waals surface area contributed by atoms with Crippen LogP contribution in [0.3, 0.4) is 0 Å². The van der Waals surface area contributed by atoms with Crippen molar-refractivity contribution in [3.05, 3.63) is 0 Å². The summed E-state index contributed by atoms with van der Waals surface area (Å²) in [5, 5.41) is 0. The van der Waals surface area contributed by atoms with Crippen LogP contribution in [-0.2, 0) is 0 Å². The summed E-state index contributed by atoms with van der Waals surface area (Å²) in [5.41, 5.74) is 1.33. The summed E-state index contributed by atoms with van der Waals surface area (Å²) >= 11 is 0. The van der Waals surface area contributed by atoms with Crippen LogP contribution >= 0.6 is 0 Å². The average Bonchev–Trinajstić information content (AvgIpc) is 2.56. The van der Waals surface area contributed by atoms with E-state index in [4.69, 9.17) is 0 Å². The Hall–Kier alpha value is -0.0400. The Balaban J connectivity index is 1.95. The van der Waals surface area contributed by atoms with E-state index in [1.807, 2.05) is 0 Å². The van der Waals surface area contributed by atoms with Crippen LogP contribution in [0.2, 0.25) is 0 Å². The molecule has 2 aliphatic rings. The molecule has 1 heterocycles. The average molecular weight is 209 g/mol. The second-order valence-corrected chi connectivity index (χ2v) is 6.98. The summed E-state index contributed by atoms with van der Waals surface area (Å²) in [7, 11) is 0. The van der Waals surface area contributed by atoms with Crippen LogP contribution in [-0.4, -0.2) is 24.0 Å². The van der Waals surface area contributed by atoms with Crippen molar-refractivity contribution in [3.63, 3.8) is 0 Å². The molecule has 15 heavy (non-hydrogen) atoms. The normalized spacial score (nSPS) is 30.2. The van der Waals surface area contributed by atoms with Gasteiger partial charge in [-0.15, -0.1) is 0 Å². The van der Waals surface area contributed by atoms with Gasteiger partial charge in [0, 0.05) is 12.6 Å². The van der Waals surface area contributed by atoms with Gasteiger partial charge in [-0.05, 0) is 63.3 Å². The second kappa shape index (κ2) is 3.76. The minimum atomic E-state index is 0.622. The van der Waals surface area contributed by atoms with Gasteiger partial charge in [0.15, 0.2) is 0 Å². The zero-order valence-corrected chi connectivity index (χ0v) is 11.0. The van der Waals surface area contributed by atoms with Gasteiger partial charge in [-0.2, -0.15) is 0 Å². The Labute approximate surface area is 95.2 Å². The number of hydrogen-bond donors (Lipinski definition) is 0. The maximum absolute atomic E-state index is 2.68. The highest BCUT2D eigenvalue weighted by atomic mass is 15.2. The van der Waals surface area contributed by atoms with Crippen molar-refractivity contribution in [1.82, 2.24) is 4.90 Å². The lowest BCUT2D eigenvalue weighted by Crippen LogP contribution is -2.36. The van der Waals surface area contributed by atoms with E-state index >= 15 is 0 Å². The molecule has 0 aromatic heterocycles. The van der Waals surface area contributed by atoms with Crippen LogP contribution < -0.4 is 0 Å². The van der Waals surface area contributed by atoms with Crippen molar-refractivity contribution < 1.29 is 0 Å². The van der Waals surface area contributed by atoms with E-state index in [-0.39, 0.29) is 0 Å². The lowest BCUT2D eigenvalue weighted by atomic mass is 9.65. The van der Waals surface area contributed by atoms with Crippen LogP contribution in [0, 0.1) is 10.8 Å². The van der Waals surface area contributed by atoms with E-state index in [2.05, 4.69) is 32.6 Å². The minimum Gasteiger partial charge on any atom is -0.300 e. The molecule has 88 valence electrons. The highest BCUT2D eigenvalue weighted by molar-refractivity contribution is 4.95. The van der Waals surface area contributed by atoms with Crippen molar-refractivity contribution in [2.75, 3.05) is 13.1 Å². The third-order valence-corrected chi connectivity index (χ3v) is 4.86. The Morgan fingerprint density at radius 2 is 1.53 bits per heavy atom. The topological polar surface area (TPSA) is 3.24 Å². The third-order valence-electron chi connectivity index (χ3n) is 4.86. The number of hydrogen-bond acceptors (Lipinski definition) is 1. The SMILES string of the molecule is CC(C)N1CCC2(CCC(C)(C)CC2)C1. The van der Waals surface area contributed by atoms with E-state index in [1.165, 1.54) is 45.2 Å². The Bertz CT molecular complexity index is 219. The number of nitrogens with zero attached hydrogens (tertiary/aromatic N) is 1. The van der Waals surface area contributed by atoms with Crippen LogP contribution in [0.4, 0.5) is 0 Å². The summed E-state index contributed by atoms with van der Waals surface area (Å²) in [6, 6.07) is 0.749. The smallest absolute Gasteiger partial charge is 0.00412 e. The summed E-state index contributed by atoms with van der Waals surface area (Å²) in [5.74, 6) is 0. The predicted octanol–water partition coefficient (Wildman–Crippen LogP) is 3.69. The predicted molar refractivity (Wildman–Crippen MR) is 66.0 cm³/mol. The number of likely N-dealkylation sites (tertiary alicyclic amines) is 1. The molecule has 2 rings (SSSR count). The molecule has 2 fully saturated rings. The monoisotopic (exact) mass is 209 g/mol. The molecule has 0 aromatic rings. The summed E-state index contributed by atoms with van der Waals surface area (Å²) in [6.45, 7) is 12.3. The van der Waals surface area contributed by atoms with Gasteiger partial charge in [0.05, 0.1) is 0 Å². The first-order chi connectivity index (χ1) is 6.93. The molecule has 0 N–H and O–H groups in total. The molecule has 1 aliphatic carbocycles. The van der Waals surface area contributed by atoms with Gasteiger partial charge in [0.2, 0.25) is 0 Å². The molecule has 1 heteroatoms. The first-order valence-electron chi connectivity index (χ1n) is 6.67. The van der Waals surface area contributed by atoms with E-state index in [9.17, 15) is 0 Å². The fraction of sp³-hybridized carbons (Fsp3) is 1.00. The second-order valence-electron chi connectivity index (χ2n) is 6.98. The van der Waals surface area contributed by atoms with Gasteiger partial charge in [-0.3, -0.25) is 0 Å². The van der Waals surface area contributed by atoms with Gasteiger partial charge in [0.25, 0.3) is 0 Å². The first-order valence-corrected chi connectivity index (χ1v) is 6.67. The van der Waals surface area contributed by atoms with Crippen LogP contribution in [0.15, 0.2) is 0 Å². The maximum Gasteiger partial charge on any atom is 0.00412 e. The molecule has 1 saturated heterocycles. The van der Waals surface area contributed by atoms with Gasteiger partial charge in [-0.1, -0.05) is 13.8 Å². The van der Waals surface area contributed by atoms with Gasteiger partial charge in [0.1, 0.15) is 0 Å². The Morgan fingerprint density at radius 1 is 0.933 bits per heavy atom. The molecule has 1 spiro atoms. The maximum atomic E-state index is 2.68. The molecule has 0 radical (unpaired) electrons. The molecule has 0 unspecified atom stereocenters. The molecule has 0 bridgehead atoms. The fourth-order valence-corrected chi connectivity index (χ4v) is 3.28. The van der Waals surface area contributed by atoms with E-state index < -0.39 is 0 Å². The van der Waals surface area contributed by atoms with Crippen molar-refractivity contribution in [2.24, 2.45) is 10.8 Å². The van der Waals surface area contributed by atoms with Gasteiger partial charge in [-0.25, -0.2) is 0 Å². The van der Waals surface area contributed by atoms with Crippen LogP contribution in [0.1, 0.15) is 59.8 Å². The number of rotatable bonds is 1. The lowest BCUT2D eigenvalue weighted by molar-refractivity contribution is 0.101. The highest BCUT2D eigenvalue weighted by Crippen LogP contribution is 2.49. The molecular weight excluding hydrogens is 182 g/mol. The highest BCUT2D eigenvalue weighted by Gasteiger charge is 2.43. The largest absolute Gasteiger partial charge is 0.300 e. The Morgan fingerprint density at radius 3 is 2.00 bits per heavy atom. The Kier molecular flexibility index (Phi) is 2.87. The zero-order valence-electron chi connectivity index (χ0n) is 11.0. The molecule has 0 aromatic carbocycles. The van der Waals surface area contributed by atoms with E-state index in [1.54, 1.807) is 0 Å². The summed E-state index contributed by atoms with van der Waals surface area (Å²) in [6.07, 6.45) is 7.30. The van der Waals surface area contributed by atoms with Crippen molar-refractivity contribution >= 4 is 0 Å². The third kappa shape index (κ3) is 2.38. The molecule has 0 amide bonds. The molecular formula is C14H27N. The molecule has 1 saturated carbocycles. The first kappa shape index (κ1) is 11.4. The quantitative estimate of drug-likeness (QED) is 0.636. The van der Waals surface area contributed by atoms with Crippen molar-refractivity contribution in [1.29, 1.82) is 0 Å². The van der Waals surface area contributed by atoms with Gasteiger partial charge >= 0.3 is 0 Å². The van der Waals surface area contributed by atoms with Gasteiger partial charge < -0.3 is 4.90 Å². The van der Waals surface area contributed by atoms with Crippen molar-refractivity contribution in [2.45, 2.75) is 65.8 Å². The van der Waals surface area contributed by atoms with E-state index in [0.717, 1.165) is 6.04 Å². The van der Waals surface area contributed by atoms with Crippen molar-refractivity contribution in [3.8, 4) is 0 Å². The molecule has 0 atom stereocenters. The molecule has 1 aliphatic heterocycles.